The van der Waals surface area contributed by atoms with Crippen LogP contribution in [0.3, 0.4) is 0 Å². The molecule has 6 aliphatic rings. The summed E-state index contributed by atoms with van der Waals surface area (Å²) in [6.07, 6.45) is 2.23. The van der Waals surface area contributed by atoms with Gasteiger partial charge in [-0.05, 0) is 225 Å². The van der Waals surface area contributed by atoms with Crippen molar-refractivity contribution in [3.63, 3.8) is 0 Å². The van der Waals surface area contributed by atoms with Crippen LogP contribution in [0.25, 0.3) is 88.4 Å². The third-order valence-corrected chi connectivity index (χ3v) is 23.0. The lowest BCUT2D eigenvalue weighted by Gasteiger charge is -2.43. The van der Waals surface area contributed by atoms with Crippen molar-refractivity contribution in [1.29, 1.82) is 0 Å². The van der Waals surface area contributed by atoms with Crippen molar-refractivity contribution in [2.24, 2.45) is 0 Å². The molecule has 8 heterocycles. The van der Waals surface area contributed by atoms with Crippen LogP contribution in [0.2, 0.25) is 0 Å². The highest BCUT2D eigenvalue weighted by molar-refractivity contribution is 8.00. The normalized spacial score (nSPS) is 13.7. The molecule has 6 aliphatic heterocycles. The lowest BCUT2D eigenvalue weighted by atomic mass is 9.30. The van der Waals surface area contributed by atoms with Gasteiger partial charge in [0.15, 0.2) is 0 Å². The van der Waals surface area contributed by atoms with Crippen molar-refractivity contribution in [3.05, 3.63) is 264 Å². The summed E-state index contributed by atoms with van der Waals surface area (Å²) in [5.74, 6) is 3.35. The Bertz CT molecular complexity index is 5990. The quantitative estimate of drug-likeness (QED) is 0.127. The van der Waals surface area contributed by atoms with E-state index in [4.69, 9.17) is 9.47 Å². The van der Waals surface area contributed by atoms with Gasteiger partial charge in [0.25, 0.3) is 20.1 Å². The van der Waals surface area contributed by atoms with Crippen molar-refractivity contribution in [2.75, 3.05) is 15.5 Å². The van der Waals surface area contributed by atoms with E-state index in [9.17, 15) is 0 Å². The second-order valence-electron chi connectivity index (χ2n) is 27.3. The molecule has 0 atom stereocenters. The first-order valence-electron chi connectivity index (χ1n) is 33.3. The Labute approximate surface area is 557 Å². The fourth-order valence-corrected chi connectivity index (χ4v) is 19.3. The van der Waals surface area contributed by atoms with E-state index in [2.05, 4.69) is 297 Å². The fourth-order valence-electron chi connectivity index (χ4n) is 18.6. The molecule has 0 saturated heterocycles. The van der Waals surface area contributed by atoms with E-state index < -0.39 is 0 Å². The zero-order valence-corrected chi connectivity index (χ0v) is 54.5. The van der Waals surface area contributed by atoms with Gasteiger partial charge in [0.2, 0.25) is 0 Å². The fraction of sp³-hybridized carbons (Fsp3) is 0.0824. The molecule has 2 aromatic heterocycles. The van der Waals surface area contributed by atoms with Crippen molar-refractivity contribution < 1.29 is 9.47 Å². The summed E-state index contributed by atoms with van der Waals surface area (Å²) in [5.41, 5.74) is 38.9. The van der Waals surface area contributed by atoms with Gasteiger partial charge < -0.3 is 23.5 Å². The summed E-state index contributed by atoms with van der Waals surface area (Å²) >= 11 is 1.77. The maximum Gasteiger partial charge on any atom is 0.260 e. The molecular weight excluding hydrogens is 1170 g/mol. The largest absolute Gasteiger partial charge is 0.458 e. The lowest BCUT2D eigenvalue weighted by Crippen LogP contribution is -2.64. The molecule has 6 nitrogen and oxygen atoms in total. The SMILES string of the molecule is CSN1c2cc3c(cc2B2c4c1cc(-c1c(C)cccc1C)cc4-n1c4ccccc4c4cccc2c41)B1c2cc4c(cc2Oc2cc(-c5c(C)cccc5C)cc(c21)O3)N(c1ccccc1)c1cc(-c2c(C)cccc2C)cc2c1B4c1cccc3c4ccccc4n-2c13. The molecule has 0 saturated carbocycles. The van der Waals surface area contributed by atoms with E-state index in [-0.39, 0.29) is 20.1 Å². The van der Waals surface area contributed by atoms with Gasteiger partial charge in [0, 0.05) is 84.9 Å². The summed E-state index contributed by atoms with van der Waals surface area (Å²) in [4.78, 5) is 2.55. The van der Waals surface area contributed by atoms with Crippen molar-refractivity contribution in [1.82, 2.24) is 9.13 Å². The molecule has 0 fully saturated rings. The van der Waals surface area contributed by atoms with Crippen LogP contribution in [0.1, 0.15) is 33.4 Å². The summed E-state index contributed by atoms with van der Waals surface area (Å²) in [7, 11) is 0. The van der Waals surface area contributed by atoms with Crippen molar-refractivity contribution >= 4 is 153 Å². The lowest BCUT2D eigenvalue weighted by molar-refractivity contribution is 0.465. The third kappa shape index (κ3) is 7.04. The first-order chi connectivity index (χ1) is 46.6. The van der Waals surface area contributed by atoms with Crippen LogP contribution in [0.4, 0.5) is 28.4 Å². The average molecular weight is 1230 g/mol. The Kier molecular flexibility index (Phi) is 10.8. The number of benzene rings is 13. The van der Waals surface area contributed by atoms with Crippen LogP contribution >= 0.6 is 11.9 Å². The molecule has 15 aromatic rings. The minimum absolute atomic E-state index is 0.0939. The molecule has 0 amide bonds. The Balaban J connectivity index is 0.857. The molecule has 446 valence electrons. The smallest absolute Gasteiger partial charge is 0.260 e. The zero-order valence-electron chi connectivity index (χ0n) is 53.7. The minimum Gasteiger partial charge on any atom is -0.458 e. The molecule has 0 aliphatic carbocycles. The van der Waals surface area contributed by atoms with E-state index in [1.165, 1.54) is 160 Å². The number of nitrogens with zero attached hydrogens (tertiary/aromatic N) is 4. The molecule has 13 aromatic carbocycles. The number of hydrogen-bond acceptors (Lipinski definition) is 5. The first-order valence-corrected chi connectivity index (χ1v) is 34.5. The molecule has 0 radical (unpaired) electrons. The van der Waals surface area contributed by atoms with Gasteiger partial charge in [-0.3, -0.25) is 4.31 Å². The van der Waals surface area contributed by atoms with Gasteiger partial charge in [0.05, 0.1) is 22.4 Å². The standard InChI is InChI=1S/C85H59B3N4O2S/c1-46-20-15-21-47(2)78(46)52-36-70-81-71(37-52)90-66-34-13-11-28-56(66)58-30-18-32-60(84(58)90)86(81)62-42-64-74(44-68(62)89(70)55-26-9-8-10-27-55)93-76-40-54(80-50(5)24-17-25-51(80)6)41-77-83(76)88(64)65-43-63-69(45-75(65)94-77)92(95-7)73-39-53(79-48(3)22-16-23-49(79)4)38-72-82(73)87(63)61-33-19-31-59-57-29-12-14-35-67(57)91(72)85(59)61/h8-45H,1-7H3. The Morgan fingerprint density at radius 3 is 1.21 bits per heavy atom. The Morgan fingerprint density at radius 2 is 0.705 bits per heavy atom. The number of anilines is 5. The number of para-hydroxylation sites is 5. The van der Waals surface area contributed by atoms with Gasteiger partial charge in [-0.1, -0.05) is 158 Å². The predicted octanol–water partition coefficient (Wildman–Crippen LogP) is 15.6. The van der Waals surface area contributed by atoms with Crippen molar-refractivity contribution in [3.8, 4) is 67.8 Å². The minimum atomic E-state index is -0.265. The van der Waals surface area contributed by atoms with E-state index in [1.807, 2.05) is 0 Å². The number of hydrogen-bond donors (Lipinski definition) is 0. The van der Waals surface area contributed by atoms with Gasteiger partial charge >= 0.3 is 0 Å². The van der Waals surface area contributed by atoms with Crippen LogP contribution in [0.5, 0.6) is 23.0 Å². The first kappa shape index (κ1) is 53.7. The topological polar surface area (TPSA) is 34.8 Å². The van der Waals surface area contributed by atoms with Gasteiger partial charge in [-0.25, -0.2) is 0 Å². The molecule has 0 bridgehead atoms. The molecule has 0 unspecified atom stereocenters. The Morgan fingerprint density at radius 1 is 0.305 bits per heavy atom. The average Bonchev–Trinajstić information content (AvgIpc) is 1.66. The van der Waals surface area contributed by atoms with Crippen molar-refractivity contribution in [2.45, 2.75) is 41.5 Å². The molecule has 0 spiro atoms. The molecule has 0 N–H and O–H groups in total. The van der Waals surface area contributed by atoms with Crippen LogP contribution in [-0.2, 0) is 0 Å². The molecule has 95 heavy (non-hydrogen) atoms. The zero-order chi connectivity index (χ0) is 63.1. The summed E-state index contributed by atoms with van der Waals surface area (Å²) in [6.45, 7) is 13.0. The maximum atomic E-state index is 7.71. The number of aryl methyl sites for hydroxylation is 6. The summed E-state index contributed by atoms with van der Waals surface area (Å²) in [6, 6.07) is 87.6. The summed E-state index contributed by atoms with van der Waals surface area (Å²) < 4.78 is 23.0. The number of rotatable bonds is 5. The number of aromatic nitrogens is 2. The van der Waals surface area contributed by atoms with E-state index in [0.29, 0.717) is 0 Å². The van der Waals surface area contributed by atoms with E-state index in [1.54, 1.807) is 11.9 Å². The highest BCUT2D eigenvalue weighted by Crippen LogP contribution is 2.50. The third-order valence-electron chi connectivity index (χ3n) is 22.2. The van der Waals surface area contributed by atoms with Crippen LogP contribution in [0, 0.1) is 41.5 Å². The van der Waals surface area contributed by atoms with Crippen LogP contribution < -0.4 is 67.8 Å². The van der Waals surface area contributed by atoms with Gasteiger partial charge in [-0.2, -0.15) is 0 Å². The molecule has 10 heteroatoms. The van der Waals surface area contributed by atoms with Crippen LogP contribution in [-0.4, -0.2) is 35.5 Å². The number of fused-ring (bicyclic) bond motifs is 18. The Hall–Kier alpha value is -10.8. The summed E-state index contributed by atoms with van der Waals surface area (Å²) in [5, 5.41) is 5.06. The van der Waals surface area contributed by atoms with E-state index >= 15 is 0 Å². The van der Waals surface area contributed by atoms with Gasteiger partial charge in [0.1, 0.15) is 23.0 Å². The maximum absolute atomic E-state index is 7.71. The van der Waals surface area contributed by atoms with E-state index in [0.717, 1.165) is 62.0 Å². The molecular formula is C85H59B3N4O2S. The second kappa shape index (κ2) is 19.2. The highest BCUT2D eigenvalue weighted by Gasteiger charge is 2.49. The molecule has 21 rings (SSSR count). The highest BCUT2D eigenvalue weighted by atomic mass is 32.2. The second-order valence-corrected chi connectivity index (χ2v) is 28.0. The monoisotopic (exact) mass is 1230 g/mol. The number of ether oxygens (including phenoxy) is 2. The van der Waals surface area contributed by atoms with Gasteiger partial charge in [-0.15, -0.1) is 0 Å². The van der Waals surface area contributed by atoms with Crippen LogP contribution in [0.15, 0.2) is 231 Å². The predicted molar refractivity (Wildman–Crippen MR) is 404 cm³/mol.